The minimum atomic E-state index is -0.179. The fourth-order valence-electron chi connectivity index (χ4n) is 2.43. The zero-order valence-corrected chi connectivity index (χ0v) is 14.7. The van der Waals surface area contributed by atoms with Crippen LogP contribution in [-0.2, 0) is 17.6 Å². The van der Waals surface area contributed by atoms with E-state index in [1.807, 2.05) is 24.3 Å². The Hall–Kier alpha value is -1.40. The van der Waals surface area contributed by atoms with Crippen LogP contribution >= 0.6 is 27.3 Å². The molecule has 1 N–H and O–H groups in total. The molecule has 0 fully saturated rings. The first-order chi connectivity index (χ1) is 10.6. The second-order valence-corrected chi connectivity index (χ2v) is 7.53. The van der Waals surface area contributed by atoms with E-state index in [1.54, 1.807) is 11.3 Å². The Balaban J connectivity index is 1.54. The molecule has 3 rings (SSSR count). The Morgan fingerprint density at radius 3 is 3.00 bits per heavy atom. The van der Waals surface area contributed by atoms with Crippen LogP contribution in [0.2, 0.25) is 0 Å². The number of carbonyl (C=O) groups is 1. The third kappa shape index (κ3) is 3.87. The van der Waals surface area contributed by atoms with E-state index in [2.05, 4.69) is 33.2 Å². The summed E-state index contributed by atoms with van der Waals surface area (Å²) < 4.78 is 6.44. The summed E-state index contributed by atoms with van der Waals surface area (Å²) in [6, 6.07) is 7.40. The van der Waals surface area contributed by atoms with E-state index in [1.165, 1.54) is 11.3 Å². The van der Waals surface area contributed by atoms with Gasteiger partial charge >= 0.3 is 0 Å². The molecule has 0 saturated heterocycles. The van der Waals surface area contributed by atoms with Crippen molar-refractivity contribution in [1.29, 1.82) is 0 Å². The van der Waals surface area contributed by atoms with Gasteiger partial charge in [0.1, 0.15) is 5.75 Å². The number of nitrogens with one attached hydrogen (secondary N) is 1. The van der Waals surface area contributed by atoms with Crippen LogP contribution in [0.25, 0.3) is 0 Å². The molecule has 116 valence electrons. The van der Waals surface area contributed by atoms with Crippen LogP contribution < -0.4 is 10.1 Å². The molecule has 1 heterocycles. The number of fused-ring (bicyclic) bond motifs is 1. The van der Waals surface area contributed by atoms with Crippen molar-refractivity contribution in [3.63, 3.8) is 0 Å². The zero-order valence-electron chi connectivity index (χ0n) is 12.3. The van der Waals surface area contributed by atoms with Crippen molar-refractivity contribution in [1.82, 2.24) is 4.98 Å². The van der Waals surface area contributed by atoms with Gasteiger partial charge in [-0.25, -0.2) is 4.98 Å². The highest BCUT2D eigenvalue weighted by Crippen LogP contribution is 2.32. The Labute approximate surface area is 142 Å². The average molecular weight is 381 g/mol. The van der Waals surface area contributed by atoms with Crippen LogP contribution in [-0.4, -0.2) is 17.5 Å². The van der Waals surface area contributed by atoms with Crippen molar-refractivity contribution in [2.24, 2.45) is 5.92 Å². The molecule has 22 heavy (non-hydrogen) atoms. The lowest BCUT2D eigenvalue weighted by molar-refractivity contribution is -0.118. The minimum absolute atomic E-state index is 0.0116. The van der Waals surface area contributed by atoms with Gasteiger partial charge in [0.2, 0.25) is 0 Å². The number of thiazole rings is 1. The van der Waals surface area contributed by atoms with E-state index in [-0.39, 0.29) is 12.5 Å². The number of amides is 1. The fraction of sp³-hybridized carbons (Fsp3) is 0.375. The SMILES string of the molecule is C[C@@H]1CCc2nc(NC(=O)COc3ccc(Br)cc3)sc2C1. The van der Waals surface area contributed by atoms with Crippen LogP contribution in [0.15, 0.2) is 28.7 Å². The van der Waals surface area contributed by atoms with Gasteiger partial charge in [0, 0.05) is 9.35 Å². The molecular formula is C16H17BrN2O2S. The second-order valence-electron chi connectivity index (χ2n) is 5.53. The normalized spacial score (nSPS) is 16.9. The van der Waals surface area contributed by atoms with Gasteiger partial charge in [-0.1, -0.05) is 22.9 Å². The lowest BCUT2D eigenvalue weighted by Crippen LogP contribution is -2.20. The molecule has 0 saturated carbocycles. The van der Waals surface area contributed by atoms with Gasteiger partial charge in [-0.2, -0.15) is 0 Å². The molecule has 1 aliphatic rings. The number of nitrogens with zero attached hydrogens (tertiary/aromatic N) is 1. The number of anilines is 1. The lowest BCUT2D eigenvalue weighted by atomic mass is 9.93. The molecule has 2 aromatic rings. The third-order valence-corrected chi connectivity index (χ3v) is 5.18. The van der Waals surface area contributed by atoms with Crippen LogP contribution in [0, 0.1) is 5.92 Å². The standard InChI is InChI=1S/C16H17BrN2O2S/c1-10-2-7-13-14(8-10)22-16(18-13)19-15(20)9-21-12-5-3-11(17)4-6-12/h3-6,10H,2,7-9H2,1H3,(H,18,19,20)/t10-/m1/s1. The number of hydrogen-bond donors (Lipinski definition) is 1. The third-order valence-electron chi connectivity index (χ3n) is 3.62. The highest BCUT2D eigenvalue weighted by molar-refractivity contribution is 9.10. The maximum absolute atomic E-state index is 12.0. The second kappa shape index (κ2) is 6.79. The summed E-state index contributed by atoms with van der Waals surface area (Å²) in [6.07, 6.45) is 3.26. The molecule has 0 aliphatic heterocycles. The highest BCUT2D eigenvalue weighted by atomic mass is 79.9. The monoisotopic (exact) mass is 380 g/mol. The zero-order chi connectivity index (χ0) is 15.5. The number of halogens is 1. The summed E-state index contributed by atoms with van der Waals surface area (Å²) in [5, 5.41) is 3.51. The van der Waals surface area contributed by atoms with Crippen LogP contribution in [0.4, 0.5) is 5.13 Å². The highest BCUT2D eigenvalue weighted by Gasteiger charge is 2.20. The summed E-state index contributed by atoms with van der Waals surface area (Å²) in [5.41, 5.74) is 1.15. The Kier molecular flexibility index (Phi) is 4.78. The van der Waals surface area contributed by atoms with E-state index in [9.17, 15) is 4.79 Å². The molecule has 0 radical (unpaired) electrons. The van der Waals surface area contributed by atoms with Gasteiger partial charge in [0.15, 0.2) is 11.7 Å². The average Bonchev–Trinajstić information content (AvgIpc) is 2.88. The maximum atomic E-state index is 12.0. The van der Waals surface area contributed by atoms with Crippen molar-refractivity contribution in [2.75, 3.05) is 11.9 Å². The largest absolute Gasteiger partial charge is 0.484 e. The van der Waals surface area contributed by atoms with Crippen molar-refractivity contribution < 1.29 is 9.53 Å². The molecule has 4 nitrogen and oxygen atoms in total. The van der Waals surface area contributed by atoms with Crippen LogP contribution in [0.3, 0.4) is 0 Å². The first-order valence-electron chi connectivity index (χ1n) is 7.27. The van der Waals surface area contributed by atoms with Gasteiger partial charge < -0.3 is 4.74 Å². The van der Waals surface area contributed by atoms with Crippen LogP contribution in [0.1, 0.15) is 23.9 Å². The number of benzene rings is 1. The Morgan fingerprint density at radius 2 is 2.23 bits per heavy atom. The number of hydrogen-bond acceptors (Lipinski definition) is 4. The van der Waals surface area contributed by atoms with E-state index in [0.717, 1.165) is 23.0 Å². The number of aryl methyl sites for hydroxylation is 1. The van der Waals surface area contributed by atoms with E-state index in [0.29, 0.717) is 16.8 Å². The van der Waals surface area contributed by atoms with Gasteiger partial charge in [0.25, 0.3) is 5.91 Å². The molecular weight excluding hydrogens is 364 g/mol. The predicted octanol–water partition coefficient (Wildman–Crippen LogP) is 4.05. The lowest BCUT2D eigenvalue weighted by Gasteiger charge is -2.15. The summed E-state index contributed by atoms with van der Waals surface area (Å²) in [5.74, 6) is 1.20. The summed E-state index contributed by atoms with van der Waals surface area (Å²) in [7, 11) is 0. The molecule has 1 aromatic heterocycles. The van der Waals surface area contributed by atoms with Gasteiger partial charge in [0.05, 0.1) is 5.69 Å². The van der Waals surface area contributed by atoms with E-state index in [4.69, 9.17) is 4.74 Å². The van der Waals surface area contributed by atoms with Crippen molar-refractivity contribution >= 4 is 38.3 Å². The van der Waals surface area contributed by atoms with Gasteiger partial charge in [-0.05, 0) is 49.4 Å². The summed E-state index contributed by atoms with van der Waals surface area (Å²) in [4.78, 5) is 17.8. The molecule has 0 bridgehead atoms. The predicted molar refractivity (Wildman–Crippen MR) is 91.6 cm³/mol. The summed E-state index contributed by atoms with van der Waals surface area (Å²) >= 11 is 4.95. The first-order valence-corrected chi connectivity index (χ1v) is 8.88. The first kappa shape index (κ1) is 15.5. The minimum Gasteiger partial charge on any atom is -0.484 e. The molecule has 0 spiro atoms. The number of aromatic nitrogens is 1. The quantitative estimate of drug-likeness (QED) is 0.870. The smallest absolute Gasteiger partial charge is 0.264 e. The molecule has 6 heteroatoms. The van der Waals surface area contributed by atoms with Gasteiger partial charge in [-0.3, -0.25) is 10.1 Å². The van der Waals surface area contributed by atoms with Crippen molar-refractivity contribution in [3.05, 3.63) is 39.3 Å². The molecule has 1 aromatic carbocycles. The Bertz CT molecular complexity index is 669. The summed E-state index contributed by atoms with van der Waals surface area (Å²) in [6.45, 7) is 2.25. The molecule has 1 aliphatic carbocycles. The van der Waals surface area contributed by atoms with Gasteiger partial charge in [-0.15, -0.1) is 11.3 Å². The molecule has 1 atom stereocenters. The van der Waals surface area contributed by atoms with Crippen molar-refractivity contribution in [2.45, 2.75) is 26.2 Å². The molecule has 1 amide bonds. The molecule has 0 unspecified atom stereocenters. The number of carbonyl (C=O) groups excluding carboxylic acids is 1. The fourth-order valence-corrected chi connectivity index (χ4v) is 3.88. The van der Waals surface area contributed by atoms with E-state index < -0.39 is 0 Å². The van der Waals surface area contributed by atoms with E-state index >= 15 is 0 Å². The topological polar surface area (TPSA) is 51.2 Å². The van der Waals surface area contributed by atoms with Crippen molar-refractivity contribution in [3.8, 4) is 5.75 Å². The number of rotatable bonds is 4. The maximum Gasteiger partial charge on any atom is 0.264 e. The number of ether oxygens (including phenoxy) is 1. The van der Waals surface area contributed by atoms with Crippen LogP contribution in [0.5, 0.6) is 5.75 Å². The Morgan fingerprint density at radius 1 is 1.45 bits per heavy atom.